The monoisotopic (exact) mass is 905 g/mol. The summed E-state index contributed by atoms with van der Waals surface area (Å²) >= 11 is 0. The number of carbonyl (C=O) groups is 3. The molecule has 6 nitrogen and oxygen atoms in total. The van der Waals surface area contributed by atoms with Crippen LogP contribution in [0.3, 0.4) is 0 Å². The van der Waals surface area contributed by atoms with Gasteiger partial charge in [0.25, 0.3) is 0 Å². The van der Waals surface area contributed by atoms with Gasteiger partial charge in [-0.3, -0.25) is 14.4 Å². The van der Waals surface area contributed by atoms with Gasteiger partial charge in [-0.25, -0.2) is 0 Å². The Morgan fingerprint density at radius 2 is 0.547 bits per heavy atom. The number of carbonyl (C=O) groups excluding carboxylic acids is 3. The van der Waals surface area contributed by atoms with Crippen LogP contribution in [0.15, 0.2) is 0 Å². The lowest BCUT2D eigenvalue weighted by molar-refractivity contribution is -0.167. The second-order valence-electron chi connectivity index (χ2n) is 20.2. The molecule has 0 fully saturated rings. The Kier molecular flexibility index (Phi) is 51.1. The summed E-state index contributed by atoms with van der Waals surface area (Å²) in [6.45, 7) is 9.09. The van der Waals surface area contributed by atoms with E-state index >= 15 is 0 Å². The van der Waals surface area contributed by atoms with Gasteiger partial charge in [0.1, 0.15) is 13.2 Å². The van der Waals surface area contributed by atoms with Crippen LogP contribution in [0.2, 0.25) is 0 Å². The fourth-order valence-electron chi connectivity index (χ4n) is 8.89. The van der Waals surface area contributed by atoms with Gasteiger partial charge < -0.3 is 14.2 Å². The van der Waals surface area contributed by atoms with E-state index in [1.807, 2.05) is 0 Å². The summed E-state index contributed by atoms with van der Waals surface area (Å²) in [6.07, 6.45) is 56.6. The molecule has 0 aromatic heterocycles. The standard InChI is InChI=1S/C58H112O6/c1-5-8-10-12-14-16-18-29-33-37-41-45-49-56(59)62-52-55(64-58(61)51-47-43-39-35-30-19-17-15-13-11-9-6-2)53-63-57(60)50-46-42-38-34-31-27-25-23-21-20-22-24-26-28-32-36-40-44-48-54(4)7-3/h54-55H,5-53H2,1-4H3/t54?,55-/m1/s1. The highest BCUT2D eigenvalue weighted by atomic mass is 16.6. The van der Waals surface area contributed by atoms with Crippen molar-refractivity contribution in [1.82, 2.24) is 0 Å². The highest BCUT2D eigenvalue weighted by molar-refractivity contribution is 5.71. The minimum atomic E-state index is -0.761. The number of hydrogen-bond acceptors (Lipinski definition) is 6. The van der Waals surface area contributed by atoms with Gasteiger partial charge in [-0.15, -0.1) is 0 Å². The van der Waals surface area contributed by atoms with Crippen molar-refractivity contribution in [2.24, 2.45) is 5.92 Å². The van der Waals surface area contributed by atoms with Crippen LogP contribution in [0.5, 0.6) is 0 Å². The van der Waals surface area contributed by atoms with E-state index in [2.05, 4.69) is 27.7 Å². The van der Waals surface area contributed by atoms with E-state index in [4.69, 9.17) is 14.2 Å². The van der Waals surface area contributed by atoms with Crippen LogP contribution in [0.25, 0.3) is 0 Å². The molecular weight excluding hydrogens is 793 g/mol. The third-order valence-electron chi connectivity index (χ3n) is 13.7. The van der Waals surface area contributed by atoms with Gasteiger partial charge in [-0.2, -0.15) is 0 Å². The molecule has 0 radical (unpaired) electrons. The van der Waals surface area contributed by atoms with Crippen LogP contribution in [0.4, 0.5) is 0 Å². The Morgan fingerprint density at radius 1 is 0.312 bits per heavy atom. The first kappa shape index (κ1) is 62.4. The van der Waals surface area contributed by atoms with Gasteiger partial charge in [0, 0.05) is 19.3 Å². The van der Waals surface area contributed by atoms with E-state index in [0.29, 0.717) is 19.3 Å². The van der Waals surface area contributed by atoms with Gasteiger partial charge in [0.15, 0.2) is 6.10 Å². The average Bonchev–Trinajstić information content (AvgIpc) is 3.29. The van der Waals surface area contributed by atoms with Crippen molar-refractivity contribution in [2.75, 3.05) is 13.2 Å². The average molecular weight is 906 g/mol. The van der Waals surface area contributed by atoms with Crippen LogP contribution >= 0.6 is 0 Å². The number of hydrogen-bond donors (Lipinski definition) is 0. The van der Waals surface area contributed by atoms with Crippen LogP contribution in [-0.2, 0) is 28.6 Å². The van der Waals surface area contributed by atoms with E-state index in [0.717, 1.165) is 63.7 Å². The maximum absolute atomic E-state index is 12.8. The molecule has 0 saturated heterocycles. The highest BCUT2D eigenvalue weighted by Crippen LogP contribution is 2.18. The number of unbranched alkanes of at least 4 members (excludes halogenated alkanes) is 39. The van der Waals surface area contributed by atoms with Crippen molar-refractivity contribution in [3.63, 3.8) is 0 Å². The quantitative estimate of drug-likeness (QED) is 0.0344. The van der Waals surface area contributed by atoms with E-state index in [1.54, 1.807) is 0 Å². The summed E-state index contributed by atoms with van der Waals surface area (Å²) in [7, 11) is 0. The summed E-state index contributed by atoms with van der Waals surface area (Å²) in [4.78, 5) is 38.0. The molecule has 0 aromatic carbocycles. The van der Waals surface area contributed by atoms with Crippen LogP contribution in [0.1, 0.15) is 329 Å². The maximum Gasteiger partial charge on any atom is 0.306 e. The maximum atomic E-state index is 12.8. The Balaban J connectivity index is 4.19. The Labute approximate surface area is 399 Å². The topological polar surface area (TPSA) is 78.9 Å². The van der Waals surface area contributed by atoms with Crippen molar-refractivity contribution >= 4 is 17.9 Å². The molecule has 0 amide bonds. The molecule has 0 aromatic rings. The van der Waals surface area contributed by atoms with Crippen molar-refractivity contribution in [3.8, 4) is 0 Å². The minimum absolute atomic E-state index is 0.0619. The van der Waals surface area contributed by atoms with E-state index < -0.39 is 6.10 Å². The summed E-state index contributed by atoms with van der Waals surface area (Å²) < 4.78 is 16.9. The third-order valence-corrected chi connectivity index (χ3v) is 13.7. The summed E-state index contributed by atoms with van der Waals surface area (Å²) in [5.41, 5.74) is 0. The molecule has 64 heavy (non-hydrogen) atoms. The van der Waals surface area contributed by atoms with Crippen molar-refractivity contribution in [3.05, 3.63) is 0 Å². The molecule has 0 heterocycles. The first-order valence-electron chi connectivity index (χ1n) is 28.9. The molecule has 0 N–H and O–H groups in total. The molecule has 0 bridgehead atoms. The van der Waals surface area contributed by atoms with Crippen molar-refractivity contribution in [1.29, 1.82) is 0 Å². The lowest BCUT2D eigenvalue weighted by atomic mass is 9.99. The highest BCUT2D eigenvalue weighted by Gasteiger charge is 2.19. The van der Waals surface area contributed by atoms with Crippen LogP contribution in [0, 0.1) is 5.92 Å². The molecule has 1 unspecified atom stereocenters. The molecule has 0 aliphatic heterocycles. The van der Waals surface area contributed by atoms with Crippen molar-refractivity contribution < 1.29 is 28.6 Å². The van der Waals surface area contributed by atoms with Gasteiger partial charge >= 0.3 is 17.9 Å². The molecule has 0 spiro atoms. The molecule has 0 saturated carbocycles. The van der Waals surface area contributed by atoms with E-state index in [1.165, 1.54) is 225 Å². The molecule has 0 aliphatic rings. The SMILES string of the molecule is CCCCCCCCCCCCCCC(=O)OC[C@H](COC(=O)CCCCCCCCCCCCCCCCCCCCC(C)CC)OC(=O)CCCCCCCCCCCCCC. The predicted molar refractivity (Wildman–Crippen MR) is 275 cm³/mol. The van der Waals surface area contributed by atoms with E-state index in [9.17, 15) is 14.4 Å². The Hall–Kier alpha value is -1.59. The summed E-state index contributed by atoms with van der Waals surface area (Å²) in [5, 5.41) is 0. The second-order valence-corrected chi connectivity index (χ2v) is 20.2. The molecule has 2 atom stereocenters. The van der Waals surface area contributed by atoms with Gasteiger partial charge in [-0.1, -0.05) is 291 Å². The lowest BCUT2D eigenvalue weighted by Gasteiger charge is -2.18. The zero-order valence-electron chi connectivity index (χ0n) is 43.8. The predicted octanol–water partition coefficient (Wildman–Crippen LogP) is 19.0. The fraction of sp³-hybridized carbons (Fsp3) is 0.948. The first-order chi connectivity index (χ1) is 31.4. The third kappa shape index (κ3) is 49.8. The second kappa shape index (κ2) is 52.4. The largest absolute Gasteiger partial charge is 0.462 e. The summed E-state index contributed by atoms with van der Waals surface area (Å²) in [6, 6.07) is 0. The van der Waals surface area contributed by atoms with Crippen LogP contribution in [-0.4, -0.2) is 37.2 Å². The number of rotatable bonds is 53. The summed E-state index contributed by atoms with van der Waals surface area (Å²) in [5.74, 6) is 0.0729. The van der Waals surface area contributed by atoms with Crippen LogP contribution < -0.4 is 0 Å². The normalized spacial score (nSPS) is 12.4. The minimum Gasteiger partial charge on any atom is -0.462 e. The first-order valence-corrected chi connectivity index (χ1v) is 28.9. The Morgan fingerprint density at radius 3 is 0.812 bits per heavy atom. The van der Waals surface area contributed by atoms with Gasteiger partial charge in [0.05, 0.1) is 0 Å². The molecule has 6 heteroatoms. The molecule has 0 aliphatic carbocycles. The van der Waals surface area contributed by atoms with Crippen molar-refractivity contribution in [2.45, 2.75) is 336 Å². The fourth-order valence-corrected chi connectivity index (χ4v) is 8.89. The zero-order chi connectivity index (χ0) is 46.7. The molecule has 380 valence electrons. The van der Waals surface area contributed by atoms with E-state index in [-0.39, 0.29) is 31.1 Å². The number of esters is 3. The Bertz CT molecular complexity index is 966. The van der Waals surface area contributed by atoms with Gasteiger partial charge in [0.2, 0.25) is 0 Å². The number of ether oxygens (including phenoxy) is 3. The van der Waals surface area contributed by atoms with Gasteiger partial charge in [-0.05, 0) is 25.2 Å². The smallest absolute Gasteiger partial charge is 0.306 e. The zero-order valence-corrected chi connectivity index (χ0v) is 43.8. The molecule has 0 rings (SSSR count). The lowest BCUT2D eigenvalue weighted by Crippen LogP contribution is -2.30. The molecular formula is C58H112O6.